The van der Waals surface area contributed by atoms with Gasteiger partial charge in [-0.3, -0.25) is 9.58 Å². The third-order valence-corrected chi connectivity index (χ3v) is 3.81. The third kappa shape index (κ3) is 3.45. The molecule has 1 aliphatic rings. The Morgan fingerprint density at radius 2 is 2.27 bits per heavy atom. The normalized spacial score (nSPS) is 22.1. The van der Waals surface area contributed by atoms with Crippen LogP contribution in [0.4, 0.5) is 4.39 Å². The molecule has 0 unspecified atom stereocenters. The highest BCUT2D eigenvalue weighted by Crippen LogP contribution is 2.21. The van der Waals surface area contributed by atoms with Crippen LogP contribution in [0.3, 0.4) is 0 Å². The van der Waals surface area contributed by atoms with E-state index >= 15 is 0 Å². The summed E-state index contributed by atoms with van der Waals surface area (Å²) in [4.78, 5) is 2.12. The van der Waals surface area contributed by atoms with Gasteiger partial charge in [0.15, 0.2) is 0 Å². The molecule has 0 saturated carbocycles. The average Bonchev–Trinajstić information content (AvgIpc) is 3.07. The fourth-order valence-electron chi connectivity index (χ4n) is 2.71. The summed E-state index contributed by atoms with van der Waals surface area (Å²) in [5.41, 5.74) is 1.11. The minimum absolute atomic E-state index is 0.339. The minimum Gasteiger partial charge on any atom is -0.486 e. The first-order chi connectivity index (χ1) is 10.6. The van der Waals surface area contributed by atoms with Crippen LogP contribution in [0, 0.1) is 5.82 Å². The molecule has 1 fully saturated rings. The van der Waals surface area contributed by atoms with Gasteiger partial charge in [-0.05, 0) is 19.1 Å². The highest BCUT2D eigenvalue weighted by molar-refractivity contribution is 5.23. The van der Waals surface area contributed by atoms with E-state index in [0.717, 1.165) is 18.7 Å². The lowest BCUT2D eigenvalue weighted by Gasteiger charge is -2.17. The van der Waals surface area contributed by atoms with Gasteiger partial charge in [0.2, 0.25) is 0 Å². The standard InChI is InChI=1S/C16H20FN3O2/c1-2-20-9-12(7-18-20)8-19-10-15(21)16(11-19)22-14-5-3-4-13(17)6-14/h3-7,9,15-16,21H,2,8,10-11H2,1H3/t15-,16-/m1/s1. The zero-order valence-electron chi connectivity index (χ0n) is 12.5. The van der Waals surface area contributed by atoms with E-state index in [1.54, 1.807) is 12.1 Å². The van der Waals surface area contributed by atoms with E-state index in [-0.39, 0.29) is 11.9 Å². The van der Waals surface area contributed by atoms with Crippen LogP contribution in [0.5, 0.6) is 5.75 Å². The monoisotopic (exact) mass is 305 g/mol. The topological polar surface area (TPSA) is 50.5 Å². The quantitative estimate of drug-likeness (QED) is 0.913. The lowest BCUT2D eigenvalue weighted by molar-refractivity contribution is 0.0734. The molecule has 0 spiro atoms. The van der Waals surface area contributed by atoms with E-state index < -0.39 is 6.10 Å². The van der Waals surface area contributed by atoms with E-state index in [1.807, 2.05) is 24.0 Å². The van der Waals surface area contributed by atoms with E-state index in [9.17, 15) is 9.50 Å². The molecule has 2 atom stereocenters. The molecule has 0 amide bonds. The number of likely N-dealkylation sites (tertiary alicyclic amines) is 1. The first kappa shape index (κ1) is 15.0. The summed E-state index contributed by atoms with van der Waals surface area (Å²) >= 11 is 0. The zero-order chi connectivity index (χ0) is 15.5. The summed E-state index contributed by atoms with van der Waals surface area (Å²) in [6, 6.07) is 6.00. The van der Waals surface area contributed by atoms with Crippen LogP contribution in [-0.2, 0) is 13.1 Å². The van der Waals surface area contributed by atoms with Crippen LogP contribution in [-0.4, -0.2) is 45.1 Å². The van der Waals surface area contributed by atoms with Gasteiger partial charge in [0.1, 0.15) is 23.8 Å². The first-order valence-corrected chi connectivity index (χ1v) is 7.48. The number of aryl methyl sites for hydroxylation is 1. The summed E-state index contributed by atoms with van der Waals surface area (Å²) in [6.45, 7) is 4.75. The van der Waals surface area contributed by atoms with Gasteiger partial charge in [0.25, 0.3) is 0 Å². The molecule has 118 valence electrons. The van der Waals surface area contributed by atoms with Gasteiger partial charge in [-0.2, -0.15) is 5.10 Å². The van der Waals surface area contributed by atoms with Crippen molar-refractivity contribution in [3.8, 4) is 5.75 Å². The largest absolute Gasteiger partial charge is 0.486 e. The number of rotatable bonds is 5. The Bertz CT molecular complexity index is 631. The number of aliphatic hydroxyl groups excluding tert-OH is 1. The Balaban J connectivity index is 1.59. The molecule has 0 aliphatic carbocycles. The van der Waals surface area contributed by atoms with E-state index in [0.29, 0.717) is 18.8 Å². The van der Waals surface area contributed by atoms with Crippen molar-refractivity contribution in [1.82, 2.24) is 14.7 Å². The summed E-state index contributed by atoms with van der Waals surface area (Å²) in [6.07, 6.45) is 2.93. The molecule has 1 N–H and O–H groups in total. The number of hydrogen-bond donors (Lipinski definition) is 1. The highest BCUT2D eigenvalue weighted by atomic mass is 19.1. The first-order valence-electron chi connectivity index (χ1n) is 7.48. The smallest absolute Gasteiger partial charge is 0.138 e. The van der Waals surface area contributed by atoms with E-state index in [4.69, 9.17) is 4.74 Å². The van der Waals surface area contributed by atoms with Gasteiger partial charge < -0.3 is 9.84 Å². The lowest BCUT2D eigenvalue weighted by Crippen LogP contribution is -2.29. The zero-order valence-corrected chi connectivity index (χ0v) is 12.5. The van der Waals surface area contributed by atoms with Crippen molar-refractivity contribution in [2.75, 3.05) is 13.1 Å². The fourth-order valence-corrected chi connectivity index (χ4v) is 2.71. The van der Waals surface area contributed by atoms with Crippen molar-refractivity contribution in [1.29, 1.82) is 0 Å². The predicted octanol–water partition coefficient (Wildman–Crippen LogP) is 1.67. The van der Waals surface area contributed by atoms with Crippen LogP contribution in [0.1, 0.15) is 12.5 Å². The number of benzene rings is 1. The van der Waals surface area contributed by atoms with Gasteiger partial charge >= 0.3 is 0 Å². The van der Waals surface area contributed by atoms with Gasteiger partial charge in [-0.15, -0.1) is 0 Å². The van der Waals surface area contributed by atoms with Crippen molar-refractivity contribution < 1.29 is 14.2 Å². The Morgan fingerprint density at radius 1 is 1.41 bits per heavy atom. The molecule has 1 aromatic heterocycles. The summed E-state index contributed by atoms with van der Waals surface area (Å²) < 4.78 is 20.8. The molecule has 0 radical (unpaired) electrons. The van der Waals surface area contributed by atoms with Gasteiger partial charge in [0.05, 0.1) is 6.20 Å². The Hall–Kier alpha value is -1.92. The second-order valence-corrected chi connectivity index (χ2v) is 5.58. The Labute approximate surface area is 128 Å². The molecule has 22 heavy (non-hydrogen) atoms. The predicted molar refractivity (Wildman–Crippen MR) is 80.0 cm³/mol. The van der Waals surface area contributed by atoms with Crippen molar-refractivity contribution >= 4 is 0 Å². The fraction of sp³-hybridized carbons (Fsp3) is 0.438. The SMILES string of the molecule is CCn1cc(CN2C[C@@H](O)[C@H](Oc3cccc(F)c3)C2)cn1. The number of hydrogen-bond acceptors (Lipinski definition) is 4. The summed E-state index contributed by atoms with van der Waals surface area (Å²) in [5.74, 6) is 0.110. The maximum absolute atomic E-state index is 13.2. The second-order valence-electron chi connectivity index (χ2n) is 5.58. The molecule has 0 bridgehead atoms. The molecule has 2 aromatic rings. The van der Waals surface area contributed by atoms with Crippen LogP contribution >= 0.6 is 0 Å². The second kappa shape index (κ2) is 6.46. The maximum atomic E-state index is 13.2. The number of nitrogens with zero attached hydrogens (tertiary/aromatic N) is 3. The number of halogens is 1. The Kier molecular flexibility index (Phi) is 4.40. The number of ether oxygens (including phenoxy) is 1. The Morgan fingerprint density at radius 3 is 3.00 bits per heavy atom. The summed E-state index contributed by atoms with van der Waals surface area (Å²) in [5, 5.41) is 14.4. The van der Waals surface area contributed by atoms with Gasteiger partial charge in [-0.1, -0.05) is 6.07 Å². The summed E-state index contributed by atoms with van der Waals surface area (Å²) in [7, 11) is 0. The molecule has 1 aliphatic heterocycles. The van der Waals surface area contributed by atoms with Crippen molar-refractivity contribution in [2.45, 2.75) is 32.2 Å². The van der Waals surface area contributed by atoms with Crippen LogP contribution in [0.15, 0.2) is 36.7 Å². The van der Waals surface area contributed by atoms with Crippen LogP contribution < -0.4 is 4.74 Å². The molecular weight excluding hydrogens is 285 g/mol. The average molecular weight is 305 g/mol. The third-order valence-electron chi connectivity index (χ3n) is 3.81. The minimum atomic E-state index is -0.579. The molecule has 1 saturated heterocycles. The molecule has 3 rings (SSSR count). The van der Waals surface area contributed by atoms with Gasteiger partial charge in [-0.25, -0.2) is 4.39 Å². The van der Waals surface area contributed by atoms with Crippen molar-refractivity contribution in [2.24, 2.45) is 0 Å². The lowest BCUT2D eigenvalue weighted by atomic mass is 10.2. The van der Waals surface area contributed by atoms with E-state index in [1.165, 1.54) is 12.1 Å². The highest BCUT2D eigenvalue weighted by Gasteiger charge is 2.33. The maximum Gasteiger partial charge on any atom is 0.138 e. The molecule has 2 heterocycles. The number of aliphatic hydroxyl groups is 1. The molecular formula is C16H20FN3O2. The van der Waals surface area contributed by atoms with Crippen molar-refractivity contribution in [3.63, 3.8) is 0 Å². The van der Waals surface area contributed by atoms with Gasteiger partial charge in [0, 0.05) is 44.0 Å². The molecule has 5 nitrogen and oxygen atoms in total. The van der Waals surface area contributed by atoms with Crippen molar-refractivity contribution in [3.05, 3.63) is 48.0 Å². The van der Waals surface area contributed by atoms with Crippen LogP contribution in [0.2, 0.25) is 0 Å². The molecule has 1 aromatic carbocycles. The number of aromatic nitrogens is 2. The van der Waals surface area contributed by atoms with Crippen LogP contribution in [0.25, 0.3) is 0 Å². The van der Waals surface area contributed by atoms with E-state index in [2.05, 4.69) is 10.00 Å². The molecule has 6 heteroatoms. The number of β-amino-alcohol motifs (C(OH)–C–C–N with tert-alkyl or cyclic N) is 1.